The van der Waals surface area contributed by atoms with Crippen LogP contribution in [0.3, 0.4) is 0 Å². The Labute approximate surface area is 243 Å². The van der Waals surface area contributed by atoms with Crippen LogP contribution in [0.1, 0.15) is 52.9 Å². The van der Waals surface area contributed by atoms with E-state index in [9.17, 15) is 19.2 Å². The van der Waals surface area contributed by atoms with Gasteiger partial charge in [0.05, 0.1) is 0 Å². The van der Waals surface area contributed by atoms with Gasteiger partial charge in [0.2, 0.25) is 11.8 Å². The number of likely N-dealkylation sites (N-methyl/N-ethyl adjacent to an activating group) is 1. The number of fused-ring (bicyclic) bond motifs is 1. The minimum atomic E-state index is -0.419. The van der Waals surface area contributed by atoms with Crippen molar-refractivity contribution in [3.05, 3.63) is 22.9 Å². The Morgan fingerprint density at radius 2 is 1.94 bits per heavy atom. The fourth-order valence-electron chi connectivity index (χ4n) is 3.37. The van der Waals surface area contributed by atoms with E-state index in [1.165, 1.54) is 0 Å². The number of hydrogen-bond acceptors (Lipinski definition) is 5. The van der Waals surface area contributed by atoms with Crippen LogP contribution in [0.4, 0.5) is 0 Å². The molecule has 3 heterocycles. The molecule has 0 bridgehead atoms. The molecule has 11 heteroatoms. The molecule has 2 fully saturated rings. The van der Waals surface area contributed by atoms with Gasteiger partial charge in [0, 0.05) is 107 Å². The van der Waals surface area contributed by atoms with E-state index in [1.807, 2.05) is 26.8 Å². The van der Waals surface area contributed by atoms with Crippen LogP contribution in [-0.4, -0.2) is 64.6 Å². The van der Waals surface area contributed by atoms with Crippen LogP contribution < -0.4 is 5.32 Å². The number of likely N-dealkylation sites (tertiary alicyclic amines) is 1. The number of hydrogen-bond donors (Lipinski definition) is 1. The van der Waals surface area contributed by atoms with Crippen molar-refractivity contribution in [2.75, 3.05) is 19.3 Å². The van der Waals surface area contributed by atoms with Crippen LogP contribution in [0.15, 0.2) is 22.9 Å². The molecule has 3 aliphatic rings. The molecular weight excluding hydrogens is 733 g/mol. The Morgan fingerprint density at radius 3 is 2.41 bits per heavy atom. The summed E-state index contributed by atoms with van der Waals surface area (Å²) in [6, 6.07) is -0.419. The standard InChI is InChI=1S/C17H23N3O3S.C4H7O.I2.Y/c1-4-5-13(21)18-14-16(23)20-10(2)12(9-24-17(14)20)8-11-6-7-19(3)15(11)22;1-2-3-4-5;1-2;/h8,14,17H,4-7,9H2,1-3H3,(H,18,21);2-3H2,1H3;;/q;-1;;/b11-8+;;;/t14-,17-;;;/m1.../s1. The van der Waals surface area contributed by atoms with Crippen molar-refractivity contribution in [3.63, 3.8) is 0 Å². The van der Waals surface area contributed by atoms with Gasteiger partial charge in [-0.05, 0) is 31.4 Å². The zero-order valence-electron chi connectivity index (χ0n) is 19.0. The van der Waals surface area contributed by atoms with Crippen molar-refractivity contribution in [2.24, 2.45) is 0 Å². The average molecular weight is 763 g/mol. The molecule has 3 rings (SSSR count). The van der Waals surface area contributed by atoms with E-state index in [0.29, 0.717) is 12.8 Å². The molecule has 0 saturated carbocycles. The van der Waals surface area contributed by atoms with Crippen molar-refractivity contribution in [1.29, 1.82) is 0 Å². The number of unbranched alkanes of at least 4 members (excludes halogenated alkanes) is 1. The topological polar surface area (TPSA) is 86.8 Å². The second-order valence-electron chi connectivity index (χ2n) is 7.36. The van der Waals surface area contributed by atoms with E-state index in [2.05, 4.69) is 42.5 Å². The van der Waals surface area contributed by atoms with Gasteiger partial charge >= 0.3 is 0 Å². The van der Waals surface area contributed by atoms with E-state index >= 15 is 0 Å². The molecule has 177 valence electrons. The second-order valence-corrected chi connectivity index (χ2v) is 8.46. The molecule has 1 radical (unpaired) electrons. The Hall–Kier alpha value is 0.474. The molecule has 0 spiro atoms. The van der Waals surface area contributed by atoms with Gasteiger partial charge in [0.1, 0.15) is 11.4 Å². The van der Waals surface area contributed by atoms with Gasteiger partial charge in [-0.25, -0.2) is 0 Å². The number of halogens is 2. The fourth-order valence-corrected chi connectivity index (χ4v) is 4.80. The molecule has 0 aliphatic carbocycles. The van der Waals surface area contributed by atoms with Crippen molar-refractivity contribution >= 4 is 73.0 Å². The molecule has 2 saturated heterocycles. The molecule has 3 aliphatic heterocycles. The van der Waals surface area contributed by atoms with Gasteiger partial charge in [0.25, 0.3) is 5.91 Å². The number of carbonyl (C=O) groups is 3. The summed E-state index contributed by atoms with van der Waals surface area (Å²) in [5, 5.41) is 2.81. The summed E-state index contributed by atoms with van der Waals surface area (Å²) in [7, 11) is 1.80. The largest absolute Gasteiger partial charge is 0.542 e. The van der Waals surface area contributed by atoms with Crippen molar-refractivity contribution in [1.82, 2.24) is 15.1 Å². The minimum Gasteiger partial charge on any atom is -0.542 e. The van der Waals surface area contributed by atoms with E-state index in [1.54, 1.807) is 34.9 Å². The van der Waals surface area contributed by atoms with Gasteiger partial charge in [-0.1, -0.05) is 20.3 Å². The third-order valence-corrected chi connectivity index (χ3v) is 6.41. The molecule has 7 nitrogen and oxygen atoms in total. The number of nitrogens with one attached hydrogen (secondary N) is 1. The summed E-state index contributed by atoms with van der Waals surface area (Å²) in [6.45, 7) is 6.56. The summed E-state index contributed by atoms with van der Waals surface area (Å²) in [5.41, 5.74) is 2.74. The number of β-lactam (4-membered cyclic amide) rings is 1. The zero-order valence-corrected chi connectivity index (χ0v) is 26.9. The predicted octanol–water partition coefficient (Wildman–Crippen LogP) is 3.91. The van der Waals surface area contributed by atoms with Crippen LogP contribution in [0.25, 0.3) is 0 Å². The number of amides is 3. The monoisotopic (exact) mass is 763 g/mol. The predicted molar refractivity (Wildman–Crippen MR) is 142 cm³/mol. The molecule has 32 heavy (non-hydrogen) atoms. The molecule has 0 unspecified atom stereocenters. The maximum atomic E-state index is 12.4. The maximum absolute atomic E-state index is 12.4. The SMILES string of the molecule is CCCC(=O)N[C@@H]1C(=O)N2C(C)=C(/C=C3\CCN(C)C3=O)CS[C@H]12.CCC[C-]=O.II.[Y]. The van der Waals surface area contributed by atoms with Crippen LogP contribution >= 0.6 is 49.0 Å². The van der Waals surface area contributed by atoms with E-state index < -0.39 is 6.04 Å². The smallest absolute Gasteiger partial charge is 0.253 e. The number of rotatable bonds is 6. The number of carbonyl (C=O) groups excluding carboxylic acids is 4. The van der Waals surface area contributed by atoms with E-state index in [-0.39, 0.29) is 55.8 Å². The molecule has 0 aromatic heterocycles. The van der Waals surface area contributed by atoms with Crippen LogP contribution in [0.2, 0.25) is 0 Å². The average Bonchev–Trinajstić information content (AvgIpc) is 3.08. The summed E-state index contributed by atoms with van der Waals surface area (Å²) in [4.78, 5) is 49.0. The van der Waals surface area contributed by atoms with Crippen LogP contribution in [0.5, 0.6) is 0 Å². The molecular formula is C21H30I2N3O4SY-. The first kappa shape index (κ1) is 32.5. The normalized spacial score (nSPS) is 22.6. The number of thioether (sulfide) groups is 1. The van der Waals surface area contributed by atoms with Gasteiger partial charge in [-0.3, -0.25) is 25.6 Å². The summed E-state index contributed by atoms with van der Waals surface area (Å²) in [5.74, 6) is 0.702. The molecule has 1 N–H and O–H groups in total. The Morgan fingerprint density at radius 1 is 1.28 bits per heavy atom. The summed E-state index contributed by atoms with van der Waals surface area (Å²) >= 11 is 5.89. The van der Waals surface area contributed by atoms with E-state index in [4.69, 9.17) is 0 Å². The first-order chi connectivity index (χ1) is 14.8. The molecule has 0 aromatic carbocycles. The quantitative estimate of drug-likeness (QED) is 0.192. The Bertz CT molecular complexity index is 749. The molecule has 0 aromatic rings. The third kappa shape index (κ3) is 8.60. The number of allylic oxidation sites excluding steroid dienone is 2. The van der Waals surface area contributed by atoms with Crippen molar-refractivity contribution in [2.45, 2.75) is 64.3 Å². The Kier molecular flexibility index (Phi) is 17.2. The summed E-state index contributed by atoms with van der Waals surface area (Å²) in [6.07, 6.45) is 7.19. The number of nitrogens with zero attached hydrogens (tertiary/aromatic N) is 2. The zero-order chi connectivity index (χ0) is 23.6. The van der Waals surface area contributed by atoms with Gasteiger partial charge in [0.15, 0.2) is 0 Å². The first-order valence-electron chi connectivity index (χ1n) is 10.2. The van der Waals surface area contributed by atoms with Crippen LogP contribution in [-0.2, 0) is 51.9 Å². The maximum Gasteiger partial charge on any atom is 0.253 e. The van der Waals surface area contributed by atoms with Crippen LogP contribution in [0, 0.1) is 0 Å². The van der Waals surface area contributed by atoms with E-state index in [0.717, 1.165) is 48.4 Å². The van der Waals surface area contributed by atoms with Gasteiger partial charge in [-0.2, -0.15) is 6.42 Å². The van der Waals surface area contributed by atoms with Gasteiger partial charge in [-0.15, -0.1) is 11.8 Å². The summed E-state index contributed by atoms with van der Waals surface area (Å²) < 4.78 is 0. The first-order valence-corrected chi connectivity index (χ1v) is 17.6. The molecule has 3 amide bonds. The Balaban J connectivity index is 0.00000106. The van der Waals surface area contributed by atoms with Gasteiger partial charge < -0.3 is 15.0 Å². The second kappa shape index (κ2) is 17.0. The minimum absolute atomic E-state index is 0. The third-order valence-electron chi connectivity index (χ3n) is 5.11. The van der Waals surface area contributed by atoms with Crippen molar-refractivity contribution in [3.8, 4) is 0 Å². The molecule has 2 atom stereocenters. The van der Waals surface area contributed by atoms with Crippen molar-refractivity contribution < 1.29 is 51.9 Å². The fraction of sp³-hybridized carbons (Fsp3) is 0.619.